The highest BCUT2D eigenvalue weighted by Gasteiger charge is 2.47. The first-order valence-corrected chi connectivity index (χ1v) is 28.1. The van der Waals surface area contributed by atoms with E-state index >= 15 is 0 Å². The molecule has 13 rings (SSSR count). The van der Waals surface area contributed by atoms with Gasteiger partial charge in [-0.3, -0.25) is 0 Å². The maximum atomic E-state index is 7.59. The molecular formula is C71H67BN2OS. The third kappa shape index (κ3) is 7.51. The zero-order valence-corrected chi connectivity index (χ0v) is 47.3. The second-order valence-electron chi connectivity index (χ2n) is 25.6. The summed E-state index contributed by atoms with van der Waals surface area (Å²) in [6.45, 7) is 30.0. The maximum Gasteiger partial charge on any atom is 0.256 e. The van der Waals surface area contributed by atoms with Crippen molar-refractivity contribution in [2.24, 2.45) is 0 Å². The van der Waals surface area contributed by atoms with Crippen molar-refractivity contribution in [1.82, 2.24) is 0 Å². The molecule has 0 atom stereocenters. The molecule has 5 heteroatoms. The summed E-state index contributed by atoms with van der Waals surface area (Å²) in [5.74, 6) is 1.89. The van der Waals surface area contributed by atoms with E-state index in [1.54, 1.807) is 0 Å². The lowest BCUT2D eigenvalue weighted by atomic mass is 9.34. The summed E-state index contributed by atoms with van der Waals surface area (Å²) < 4.78 is 10.1. The zero-order chi connectivity index (χ0) is 53.0. The molecule has 0 saturated heterocycles. The van der Waals surface area contributed by atoms with Gasteiger partial charge < -0.3 is 14.5 Å². The molecule has 2 aliphatic heterocycles. The van der Waals surface area contributed by atoms with Crippen molar-refractivity contribution in [1.29, 1.82) is 0 Å². The largest absolute Gasteiger partial charge is 0.458 e. The number of anilines is 6. The van der Waals surface area contributed by atoms with Gasteiger partial charge in [0.25, 0.3) is 6.71 Å². The second kappa shape index (κ2) is 16.8. The smallest absolute Gasteiger partial charge is 0.256 e. The predicted octanol–water partition coefficient (Wildman–Crippen LogP) is 18.4. The average molecular weight is 1010 g/mol. The first kappa shape index (κ1) is 48.3. The van der Waals surface area contributed by atoms with Gasteiger partial charge in [0.2, 0.25) is 0 Å². The molecule has 376 valence electrons. The molecule has 0 radical (unpaired) electrons. The number of rotatable bonds is 5. The Bertz CT molecular complexity index is 3950. The van der Waals surface area contributed by atoms with Gasteiger partial charge in [-0.25, -0.2) is 0 Å². The van der Waals surface area contributed by atoms with Gasteiger partial charge >= 0.3 is 0 Å². The summed E-state index contributed by atoms with van der Waals surface area (Å²) in [6.07, 6.45) is 0. The van der Waals surface area contributed by atoms with Gasteiger partial charge in [-0.05, 0) is 158 Å². The van der Waals surface area contributed by atoms with E-state index in [0.717, 1.165) is 39.8 Å². The minimum atomic E-state index is -0.361. The number of nitrogens with zero attached hydrogens (tertiary/aromatic N) is 2. The van der Waals surface area contributed by atoms with Crippen molar-refractivity contribution in [3.63, 3.8) is 0 Å². The molecule has 0 fully saturated rings. The zero-order valence-electron chi connectivity index (χ0n) is 46.5. The number of aryl methyl sites for hydroxylation is 2. The van der Waals surface area contributed by atoms with Crippen LogP contribution in [0.4, 0.5) is 34.1 Å². The van der Waals surface area contributed by atoms with E-state index in [-0.39, 0.29) is 28.4 Å². The fraction of sp³-hybridized carbons (Fsp3) is 0.239. The fourth-order valence-electron chi connectivity index (χ4n) is 12.9. The van der Waals surface area contributed by atoms with E-state index in [1.165, 1.54) is 104 Å². The van der Waals surface area contributed by atoms with Gasteiger partial charge in [0, 0.05) is 53.9 Å². The Morgan fingerprint density at radius 1 is 0.526 bits per heavy atom. The summed E-state index contributed by atoms with van der Waals surface area (Å²) in [5.41, 5.74) is 24.2. The Balaban J connectivity index is 1.12. The SMILES string of the molecule is Cc1cc(C)cc(-c2cc3c4c(c2)N(c2ccc(N(c5ccc(C(C)(C)C)cc5)c5ccc(C(C)(C)C)cc5)c5c2-c2ccccc2C5(C)C)c2ccc(C(C)(C)C)cc2B4c2ccc4sc5ccccc5c4c2O3)c1. The summed E-state index contributed by atoms with van der Waals surface area (Å²) in [5, 5.41) is 2.45. The Kier molecular flexibility index (Phi) is 10.7. The third-order valence-corrected chi connectivity index (χ3v) is 18.0. The van der Waals surface area contributed by atoms with E-state index in [1.807, 2.05) is 11.3 Å². The Morgan fingerprint density at radius 2 is 1.12 bits per heavy atom. The number of thiophene rings is 1. The summed E-state index contributed by atoms with van der Waals surface area (Å²) >= 11 is 1.85. The van der Waals surface area contributed by atoms with Crippen LogP contribution in [0.3, 0.4) is 0 Å². The van der Waals surface area contributed by atoms with Crippen molar-refractivity contribution in [3.05, 3.63) is 209 Å². The van der Waals surface area contributed by atoms with Crippen molar-refractivity contribution in [2.45, 2.75) is 112 Å². The van der Waals surface area contributed by atoms with Crippen LogP contribution in [0.5, 0.6) is 11.5 Å². The second-order valence-corrected chi connectivity index (χ2v) is 26.7. The Hall–Kier alpha value is -7.34. The molecule has 0 unspecified atom stereocenters. The van der Waals surface area contributed by atoms with Crippen molar-refractivity contribution in [2.75, 3.05) is 9.80 Å². The molecule has 3 aliphatic rings. The van der Waals surface area contributed by atoms with E-state index in [4.69, 9.17) is 4.74 Å². The first-order chi connectivity index (χ1) is 36.1. The molecule has 0 amide bonds. The molecule has 0 spiro atoms. The van der Waals surface area contributed by atoms with E-state index in [0.29, 0.717) is 0 Å². The summed E-state index contributed by atoms with van der Waals surface area (Å²) in [6, 6.07) is 65.3. The summed E-state index contributed by atoms with van der Waals surface area (Å²) in [4.78, 5) is 5.14. The van der Waals surface area contributed by atoms with E-state index < -0.39 is 0 Å². The fourth-order valence-corrected chi connectivity index (χ4v) is 14.0. The Labute approximate surface area is 454 Å². The molecule has 9 aromatic carbocycles. The monoisotopic (exact) mass is 1010 g/mol. The number of fused-ring (bicyclic) bond motifs is 11. The first-order valence-electron chi connectivity index (χ1n) is 27.3. The number of hydrogen-bond donors (Lipinski definition) is 0. The van der Waals surface area contributed by atoms with Crippen LogP contribution in [-0.2, 0) is 21.7 Å². The molecule has 1 aromatic heterocycles. The van der Waals surface area contributed by atoms with Gasteiger partial charge in [0.15, 0.2) is 0 Å². The van der Waals surface area contributed by atoms with E-state index in [2.05, 4.69) is 270 Å². The molecule has 10 aromatic rings. The maximum absolute atomic E-state index is 7.59. The van der Waals surface area contributed by atoms with Crippen LogP contribution in [0.15, 0.2) is 170 Å². The number of hydrogen-bond acceptors (Lipinski definition) is 4. The van der Waals surface area contributed by atoms with Gasteiger partial charge in [0.1, 0.15) is 11.5 Å². The highest BCUT2D eigenvalue weighted by molar-refractivity contribution is 7.26. The van der Waals surface area contributed by atoms with Crippen molar-refractivity contribution < 1.29 is 4.74 Å². The molecule has 3 heterocycles. The molecule has 76 heavy (non-hydrogen) atoms. The van der Waals surface area contributed by atoms with Crippen LogP contribution in [0.1, 0.15) is 115 Å². The predicted molar refractivity (Wildman–Crippen MR) is 328 cm³/mol. The van der Waals surface area contributed by atoms with E-state index in [9.17, 15) is 0 Å². The van der Waals surface area contributed by atoms with Crippen LogP contribution in [0.25, 0.3) is 42.4 Å². The third-order valence-electron chi connectivity index (χ3n) is 16.8. The number of ether oxygens (including phenoxy) is 1. The molecule has 3 nitrogen and oxygen atoms in total. The van der Waals surface area contributed by atoms with Gasteiger partial charge in [-0.1, -0.05) is 190 Å². The topological polar surface area (TPSA) is 15.7 Å². The minimum Gasteiger partial charge on any atom is -0.458 e. The van der Waals surface area contributed by atoms with Crippen molar-refractivity contribution in [3.8, 4) is 33.8 Å². The van der Waals surface area contributed by atoms with Gasteiger partial charge in [-0.15, -0.1) is 11.3 Å². The van der Waals surface area contributed by atoms with Crippen LogP contribution >= 0.6 is 11.3 Å². The highest BCUT2D eigenvalue weighted by Crippen LogP contribution is 2.59. The van der Waals surface area contributed by atoms with Gasteiger partial charge in [0.05, 0.1) is 11.4 Å². The van der Waals surface area contributed by atoms with Crippen LogP contribution in [0, 0.1) is 13.8 Å². The standard InChI is InChI=1S/C71H67BN2OS/c1-42-36-43(2)38-44(37-42)45-39-59-66-60(40-45)75-67-54(31-35-62-64(67)52-19-15-17-21-61(52)76-62)72(66)55-41-48(70(9,10)11)26-32-56(55)74(59)57-33-34-58(65-63(57)51-18-14-16-20-53(51)71(65,12)13)73(49-27-22-46(23-28-49)68(3,4)5)50-29-24-47(25-30-50)69(6,7)8/h14-41H,1-13H3. The lowest BCUT2D eigenvalue weighted by Crippen LogP contribution is -2.59. The number of benzene rings is 9. The Morgan fingerprint density at radius 3 is 1.78 bits per heavy atom. The van der Waals surface area contributed by atoms with Crippen molar-refractivity contribution >= 4 is 88.7 Å². The van der Waals surface area contributed by atoms with Gasteiger partial charge in [-0.2, -0.15) is 0 Å². The average Bonchev–Trinajstić information content (AvgIpc) is 3.93. The lowest BCUT2D eigenvalue weighted by Gasteiger charge is -2.42. The normalized spacial score (nSPS) is 14.3. The quantitative estimate of drug-likeness (QED) is 0.160. The van der Waals surface area contributed by atoms with Crippen LogP contribution in [-0.4, -0.2) is 6.71 Å². The molecule has 0 saturated carbocycles. The lowest BCUT2D eigenvalue weighted by molar-refractivity contribution is 0.494. The molecule has 0 N–H and O–H groups in total. The molecule has 1 aliphatic carbocycles. The van der Waals surface area contributed by atoms with Crippen LogP contribution < -0.4 is 30.9 Å². The molecular weight excluding hydrogens is 940 g/mol. The minimum absolute atomic E-state index is 0.0218. The summed E-state index contributed by atoms with van der Waals surface area (Å²) in [7, 11) is 0. The van der Waals surface area contributed by atoms with Crippen LogP contribution in [0.2, 0.25) is 0 Å². The highest BCUT2D eigenvalue weighted by atomic mass is 32.1. The molecule has 0 bridgehead atoms.